The molecule has 6 rings (SSSR count). The second kappa shape index (κ2) is 8.61. The second-order valence-electron chi connectivity index (χ2n) is 9.13. The molecule has 0 spiro atoms. The molecule has 2 N–H and O–H groups in total. The van der Waals surface area contributed by atoms with Crippen LogP contribution in [0, 0.1) is 0 Å². The van der Waals surface area contributed by atoms with Crippen molar-refractivity contribution in [2.24, 2.45) is 0 Å². The van der Waals surface area contributed by atoms with Crippen molar-refractivity contribution in [1.82, 2.24) is 29.9 Å². The van der Waals surface area contributed by atoms with E-state index in [1.165, 1.54) is 11.3 Å². The Kier molecular flexibility index (Phi) is 5.43. The highest BCUT2D eigenvalue weighted by atomic mass is 32.1. The van der Waals surface area contributed by atoms with Crippen LogP contribution in [0.25, 0.3) is 26.1 Å². The summed E-state index contributed by atoms with van der Waals surface area (Å²) in [5.74, 6) is 0.296. The molecular formula is C24H27N7O2S. The van der Waals surface area contributed by atoms with Crippen LogP contribution in [-0.2, 0) is 0 Å². The van der Waals surface area contributed by atoms with E-state index >= 15 is 0 Å². The predicted molar refractivity (Wildman–Crippen MR) is 135 cm³/mol. The lowest BCUT2D eigenvalue weighted by Gasteiger charge is -2.20. The van der Waals surface area contributed by atoms with Gasteiger partial charge in [-0.25, -0.2) is 4.98 Å². The van der Waals surface area contributed by atoms with Gasteiger partial charge in [0, 0.05) is 38.4 Å². The zero-order valence-corrected chi connectivity index (χ0v) is 19.9. The summed E-state index contributed by atoms with van der Waals surface area (Å²) in [6.07, 6.45) is 3.48. The fourth-order valence-electron chi connectivity index (χ4n) is 4.92. The van der Waals surface area contributed by atoms with E-state index in [4.69, 9.17) is 4.98 Å². The molecule has 1 unspecified atom stereocenters. The van der Waals surface area contributed by atoms with E-state index in [0.717, 1.165) is 55.8 Å². The number of anilines is 1. The maximum Gasteiger partial charge on any atom is 0.258 e. The number of benzene rings is 1. The van der Waals surface area contributed by atoms with Gasteiger partial charge >= 0.3 is 0 Å². The van der Waals surface area contributed by atoms with Crippen molar-refractivity contribution in [2.45, 2.75) is 18.9 Å². The summed E-state index contributed by atoms with van der Waals surface area (Å²) in [6.45, 7) is 5.26. The summed E-state index contributed by atoms with van der Waals surface area (Å²) < 4.78 is 2.97. The molecule has 0 saturated carbocycles. The van der Waals surface area contributed by atoms with Crippen molar-refractivity contribution >= 4 is 49.3 Å². The van der Waals surface area contributed by atoms with Crippen LogP contribution in [0.1, 0.15) is 23.2 Å². The molecule has 176 valence electrons. The van der Waals surface area contributed by atoms with Crippen LogP contribution in [0.5, 0.6) is 0 Å². The quantitative estimate of drug-likeness (QED) is 0.464. The molecule has 9 nitrogen and oxygen atoms in total. The largest absolute Gasteiger partial charge is 0.348 e. The molecule has 2 saturated heterocycles. The Morgan fingerprint density at radius 2 is 2.09 bits per heavy atom. The molecule has 2 aliphatic heterocycles. The highest BCUT2D eigenvalue weighted by molar-refractivity contribution is 7.24. The van der Waals surface area contributed by atoms with Gasteiger partial charge in [-0.15, -0.1) is 11.3 Å². The van der Waals surface area contributed by atoms with Crippen molar-refractivity contribution in [3.05, 3.63) is 46.2 Å². The highest BCUT2D eigenvalue weighted by Gasteiger charge is 2.26. The molecule has 2 fully saturated rings. The van der Waals surface area contributed by atoms with E-state index in [0.29, 0.717) is 28.4 Å². The minimum absolute atomic E-state index is 0.0248. The van der Waals surface area contributed by atoms with Crippen molar-refractivity contribution in [3.8, 4) is 0 Å². The van der Waals surface area contributed by atoms with Gasteiger partial charge < -0.3 is 20.4 Å². The van der Waals surface area contributed by atoms with Crippen molar-refractivity contribution in [1.29, 1.82) is 0 Å². The van der Waals surface area contributed by atoms with Crippen molar-refractivity contribution in [3.63, 3.8) is 0 Å². The Hall–Kier alpha value is -3.08. The molecule has 1 atom stereocenters. The third kappa shape index (κ3) is 3.62. The number of rotatable bonds is 3. The summed E-state index contributed by atoms with van der Waals surface area (Å²) >= 11 is 1.45. The van der Waals surface area contributed by atoms with E-state index in [1.807, 2.05) is 28.7 Å². The maximum absolute atomic E-state index is 13.6. The molecule has 4 aromatic rings. The molecule has 5 heterocycles. The number of amides is 1. The number of thiazole rings is 1. The van der Waals surface area contributed by atoms with Gasteiger partial charge in [-0.05, 0) is 45.1 Å². The average molecular weight is 478 g/mol. The smallest absolute Gasteiger partial charge is 0.258 e. The summed E-state index contributed by atoms with van der Waals surface area (Å²) in [7, 11) is 2.12. The number of pyridine rings is 1. The first-order valence-electron chi connectivity index (χ1n) is 11.8. The number of fused-ring (bicyclic) bond motifs is 5. The van der Waals surface area contributed by atoms with E-state index in [9.17, 15) is 9.59 Å². The number of hydrogen-bond acceptors (Lipinski definition) is 8. The fourth-order valence-corrected chi connectivity index (χ4v) is 6.10. The first-order chi connectivity index (χ1) is 16.6. The van der Waals surface area contributed by atoms with Crippen molar-refractivity contribution in [2.75, 3.05) is 51.2 Å². The third-order valence-electron chi connectivity index (χ3n) is 6.79. The molecule has 0 bridgehead atoms. The molecule has 1 amide bonds. The zero-order valence-electron chi connectivity index (χ0n) is 19.1. The average Bonchev–Trinajstić information content (AvgIpc) is 3.42. The number of nitrogens with one attached hydrogen (secondary N) is 2. The topological polar surface area (TPSA) is 94.9 Å². The molecule has 34 heavy (non-hydrogen) atoms. The van der Waals surface area contributed by atoms with Gasteiger partial charge in [0.2, 0.25) is 11.4 Å². The second-order valence-corrected chi connectivity index (χ2v) is 10.2. The third-order valence-corrected chi connectivity index (χ3v) is 7.94. The van der Waals surface area contributed by atoms with Gasteiger partial charge in [0.15, 0.2) is 5.65 Å². The van der Waals surface area contributed by atoms with Crippen LogP contribution in [0.3, 0.4) is 0 Å². The molecule has 10 heteroatoms. The lowest BCUT2D eigenvalue weighted by Crippen LogP contribution is -2.38. The lowest BCUT2D eigenvalue weighted by molar-refractivity contribution is 0.0940. The number of para-hydroxylation sites is 1. The van der Waals surface area contributed by atoms with E-state index in [1.54, 1.807) is 6.20 Å². The first kappa shape index (κ1) is 21.5. The van der Waals surface area contributed by atoms with Crippen LogP contribution in [-0.4, -0.2) is 77.5 Å². The molecular weight excluding hydrogens is 450 g/mol. The summed E-state index contributed by atoms with van der Waals surface area (Å²) in [5.41, 5.74) is 1.35. The Labute approximate surface area is 200 Å². The van der Waals surface area contributed by atoms with Crippen LogP contribution >= 0.6 is 11.3 Å². The van der Waals surface area contributed by atoms with Gasteiger partial charge in [0.25, 0.3) is 5.91 Å². The Bertz CT molecular complexity index is 1460. The Morgan fingerprint density at radius 1 is 1.21 bits per heavy atom. The normalized spacial score (nSPS) is 19.8. The number of nitrogens with zero attached hydrogens (tertiary/aromatic N) is 5. The minimum atomic E-state index is -0.329. The number of likely N-dealkylation sites (N-methyl/N-ethyl adjacent to an activating group) is 1. The fraction of sp³-hybridized carbons (Fsp3) is 0.417. The number of carbonyl (C=O) groups excluding carboxylic acids is 1. The van der Waals surface area contributed by atoms with Gasteiger partial charge in [-0.3, -0.25) is 14.0 Å². The number of hydrogen-bond donors (Lipinski definition) is 2. The summed E-state index contributed by atoms with van der Waals surface area (Å²) in [4.78, 5) is 41.6. The number of carbonyl (C=O) groups is 1. The Balaban J connectivity index is 1.56. The number of aromatic nitrogens is 3. The van der Waals surface area contributed by atoms with E-state index in [2.05, 4.69) is 32.5 Å². The minimum Gasteiger partial charge on any atom is -0.348 e. The molecule has 0 radical (unpaired) electrons. The van der Waals surface area contributed by atoms with Gasteiger partial charge in [0.1, 0.15) is 10.4 Å². The van der Waals surface area contributed by atoms with Gasteiger partial charge in [-0.1, -0.05) is 12.1 Å². The summed E-state index contributed by atoms with van der Waals surface area (Å²) in [6, 6.07) is 7.98. The van der Waals surface area contributed by atoms with Crippen LogP contribution in [0.4, 0.5) is 5.95 Å². The van der Waals surface area contributed by atoms with E-state index < -0.39 is 0 Å². The van der Waals surface area contributed by atoms with Gasteiger partial charge in [0.05, 0.1) is 15.6 Å². The zero-order chi connectivity index (χ0) is 23.2. The van der Waals surface area contributed by atoms with Crippen molar-refractivity contribution < 1.29 is 4.79 Å². The SMILES string of the molecule is CN1CCCN(c2ncc3c(=O)c(C(=O)NC4CCNC4)c4sc5ccccc5n4c3n2)CC1. The Morgan fingerprint density at radius 3 is 2.94 bits per heavy atom. The predicted octanol–water partition coefficient (Wildman–Crippen LogP) is 1.69. The van der Waals surface area contributed by atoms with Gasteiger partial charge in [-0.2, -0.15) is 4.98 Å². The highest BCUT2D eigenvalue weighted by Crippen LogP contribution is 2.31. The van der Waals surface area contributed by atoms with E-state index in [-0.39, 0.29) is 22.9 Å². The molecule has 1 aromatic carbocycles. The summed E-state index contributed by atoms with van der Waals surface area (Å²) in [5, 5.41) is 6.67. The molecule has 2 aliphatic rings. The lowest BCUT2D eigenvalue weighted by atomic mass is 10.1. The monoisotopic (exact) mass is 477 g/mol. The van der Waals surface area contributed by atoms with Crippen LogP contribution in [0.2, 0.25) is 0 Å². The molecule has 0 aliphatic carbocycles. The first-order valence-corrected chi connectivity index (χ1v) is 12.6. The standard InChI is InChI=1S/C24H27N7O2S/c1-29-9-4-10-30(12-11-29)24-26-14-16-20(32)19(22(33)27-15-7-8-25-13-15)23-31(21(16)28-24)17-5-2-3-6-18(17)34-23/h2-3,5-6,14-15,25H,4,7-13H2,1H3,(H,27,33). The molecule has 3 aromatic heterocycles. The van der Waals surface area contributed by atoms with Crippen LogP contribution < -0.4 is 21.0 Å². The maximum atomic E-state index is 13.6. The van der Waals surface area contributed by atoms with Crippen LogP contribution in [0.15, 0.2) is 35.3 Å².